The van der Waals surface area contributed by atoms with E-state index in [1.807, 2.05) is 12.3 Å². The van der Waals surface area contributed by atoms with Crippen LogP contribution >= 0.6 is 11.3 Å². The van der Waals surface area contributed by atoms with Gasteiger partial charge in [-0.2, -0.15) is 17.4 Å². The molecule has 0 amide bonds. The number of thiazole rings is 1. The van der Waals surface area contributed by atoms with Gasteiger partial charge in [0.2, 0.25) is 0 Å². The average Bonchev–Trinajstić information content (AvgIpc) is 2.85. The summed E-state index contributed by atoms with van der Waals surface area (Å²) >= 11 is 1.40. The molecule has 1 aromatic rings. The molecule has 0 aliphatic carbocycles. The van der Waals surface area contributed by atoms with Crippen molar-refractivity contribution in [3.8, 4) is 0 Å². The predicted octanol–water partition coefficient (Wildman–Crippen LogP) is 1.14. The van der Waals surface area contributed by atoms with Gasteiger partial charge in [-0.1, -0.05) is 0 Å². The van der Waals surface area contributed by atoms with Crippen LogP contribution in [0.5, 0.6) is 0 Å². The Morgan fingerprint density at radius 1 is 1.62 bits per heavy atom. The van der Waals surface area contributed by atoms with Gasteiger partial charge in [0, 0.05) is 24.2 Å². The number of rotatable bonds is 5. The lowest BCUT2D eigenvalue weighted by atomic mass is 10.0. The summed E-state index contributed by atoms with van der Waals surface area (Å²) in [4.78, 5) is 15.3. The second-order valence-electron chi connectivity index (χ2n) is 5.21. The van der Waals surface area contributed by atoms with Gasteiger partial charge in [0.1, 0.15) is 5.01 Å². The van der Waals surface area contributed by atoms with Gasteiger partial charge < -0.3 is 5.11 Å². The Labute approximate surface area is 128 Å². The van der Waals surface area contributed by atoms with Gasteiger partial charge in [-0.05, 0) is 26.7 Å². The highest BCUT2D eigenvalue weighted by atomic mass is 32.2. The average molecular weight is 333 g/mol. The minimum atomic E-state index is -3.70. The van der Waals surface area contributed by atoms with Crippen LogP contribution in [-0.2, 0) is 15.0 Å². The van der Waals surface area contributed by atoms with Crippen molar-refractivity contribution < 1.29 is 18.3 Å². The van der Waals surface area contributed by atoms with Crippen molar-refractivity contribution in [3.05, 3.63) is 16.1 Å². The van der Waals surface area contributed by atoms with Crippen molar-refractivity contribution in [1.29, 1.82) is 0 Å². The molecular formula is C12H19N3O4S2. The number of nitrogens with one attached hydrogen (secondary N) is 1. The Morgan fingerprint density at radius 2 is 2.33 bits per heavy atom. The van der Waals surface area contributed by atoms with E-state index in [0.717, 1.165) is 5.69 Å². The van der Waals surface area contributed by atoms with Gasteiger partial charge in [0.15, 0.2) is 0 Å². The lowest BCUT2D eigenvalue weighted by molar-refractivity contribution is -0.142. The quantitative estimate of drug-likeness (QED) is 0.842. The van der Waals surface area contributed by atoms with E-state index in [2.05, 4.69) is 9.71 Å². The van der Waals surface area contributed by atoms with Crippen LogP contribution in [0.15, 0.2) is 5.38 Å². The van der Waals surface area contributed by atoms with E-state index in [1.165, 1.54) is 15.6 Å². The molecule has 1 aromatic heterocycles. The molecule has 0 saturated carbocycles. The molecule has 1 saturated heterocycles. The Balaban J connectivity index is 2.05. The first-order valence-corrected chi connectivity index (χ1v) is 9.04. The Hall–Kier alpha value is -1.03. The topological polar surface area (TPSA) is 99.6 Å². The predicted molar refractivity (Wildman–Crippen MR) is 79.3 cm³/mol. The third-order valence-electron chi connectivity index (χ3n) is 3.41. The highest BCUT2D eigenvalue weighted by Gasteiger charge is 2.33. The normalized spacial score (nSPS) is 22.1. The molecule has 0 bridgehead atoms. The summed E-state index contributed by atoms with van der Waals surface area (Å²) in [7, 11) is -3.70. The minimum absolute atomic E-state index is 0.0221. The summed E-state index contributed by atoms with van der Waals surface area (Å²) in [5.41, 5.74) is 0.852. The van der Waals surface area contributed by atoms with E-state index in [9.17, 15) is 13.2 Å². The fraction of sp³-hybridized carbons (Fsp3) is 0.667. The van der Waals surface area contributed by atoms with Crippen LogP contribution in [0.1, 0.15) is 36.5 Å². The zero-order chi connectivity index (χ0) is 15.6. The number of carboxylic acid groups (broad SMARTS) is 1. The van der Waals surface area contributed by atoms with E-state index in [4.69, 9.17) is 5.11 Å². The molecule has 0 spiro atoms. The van der Waals surface area contributed by atoms with Crippen LogP contribution in [0.25, 0.3) is 0 Å². The van der Waals surface area contributed by atoms with Crippen LogP contribution in [0.4, 0.5) is 0 Å². The molecule has 7 nitrogen and oxygen atoms in total. The Kier molecular flexibility index (Phi) is 4.97. The van der Waals surface area contributed by atoms with Crippen molar-refractivity contribution in [2.24, 2.45) is 5.92 Å². The summed E-state index contributed by atoms with van der Waals surface area (Å²) in [6, 6.07) is -0.432. The zero-order valence-electron chi connectivity index (χ0n) is 11.9. The molecule has 1 aliphatic rings. The molecule has 2 rings (SSSR count). The standard InChI is InChI=1S/C12H19N3O4S2/c1-8-7-20-11(13-8)9(2)14-21(18,19)15-5-3-4-10(6-15)12(16)17/h7,9-10,14H,3-6H2,1-2H3,(H,16,17). The largest absolute Gasteiger partial charge is 0.481 e. The van der Waals surface area contributed by atoms with Crippen LogP contribution in [-0.4, -0.2) is 41.9 Å². The summed E-state index contributed by atoms with van der Waals surface area (Å²) in [5, 5.41) is 11.6. The van der Waals surface area contributed by atoms with Gasteiger partial charge in [-0.3, -0.25) is 4.79 Å². The van der Waals surface area contributed by atoms with Crippen LogP contribution in [0.2, 0.25) is 0 Å². The summed E-state index contributed by atoms with van der Waals surface area (Å²) < 4.78 is 28.5. The van der Waals surface area contributed by atoms with Crippen LogP contribution in [0, 0.1) is 12.8 Å². The van der Waals surface area contributed by atoms with E-state index < -0.39 is 28.1 Å². The number of carboxylic acids is 1. The highest BCUT2D eigenvalue weighted by molar-refractivity contribution is 7.87. The first-order valence-electron chi connectivity index (χ1n) is 6.72. The maximum absolute atomic E-state index is 12.3. The second-order valence-corrected chi connectivity index (χ2v) is 7.80. The third kappa shape index (κ3) is 4.00. The number of aryl methyl sites for hydroxylation is 1. The SMILES string of the molecule is Cc1csc(C(C)NS(=O)(=O)N2CCCC(C(=O)O)C2)n1. The molecule has 0 radical (unpaired) electrons. The van der Waals surface area contributed by atoms with Crippen molar-refractivity contribution in [2.45, 2.75) is 32.7 Å². The molecule has 2 unspecified atom stereocenters. The number of nitrogens with zero attached hydrogens (tertiary/aromatic N) is 2. The fourth-order valence-corrected chi connectivity index (χ4v) is 4.61. The monoisotopic (exact) mass is 333 g/mol. The van der Waals surface area contributed by atoms with Gasteiger partial charge in [0.25, 0.3) is 10.2 Å². The first-order chi connectivity index (χ1) is 9.79. The maximum Gasteiger partial charge on any atom is 0.307 e. The molecule has 2 atom stereocenters. The van der Waals surface area contributed by atoms with Gasteiger partial charge in [-0.25, -0.2) is 4.98 Å². The van der Waals surface area contributed by atoms with Gasteiger partial charge in [0.05, 0.1) is 12.0 Å². The number of piperidine rings is 1. The molecule has 1 aliphatic heterocycles. The van der Waals surface area contributed by atoms with E-state index in [0.29, 0.717) is 24.4 Å². The van der Waals surface area contributed by atoms with E-state index >= 15 is 0 Å². The fourth-order valence-electron chi connectivity index (χ4n) is 2.28. The van der Waals surface area contributed by atoms with Crippen molar-refractivity contribution >= 4 is 27.5 Å². The van der Waals surface area contributed by atoms with Gasteiger partial charge in [-0.15, -0.1) is 11.3 Å². The molecule has 118 valence electrons. The maximum atomic E-state index is 12.3. The van der Waals surface area contributed by atoms with Crippen LogP contribution < -0.4 is 4.72 Å². The molecular weight excluding hydrogens is 314 g/mol. The van der Waals surface area contributed by atoms with Crippen molar-refractivity contribution in [1.82, 2.24) is 14.0 Å². The second kappa shape index (κ2) is 6.39. The number of hydrogen-bond acceptors (Lipinski definition) is 5. The third-order valence-corrected chi connectivity index (χ3v) is 6.21. The first kappa shape index (κ1) is 16.3. The number of carbonyl (C=O) groups is 1. The van der Waals surface area contributed by atoms with Crippen molar-refractivity contribution in [2.75, 3.05) is 13.1 Å². The number of hydrogen-bond donors (Lipinski definition) is 2. The molecule has 1 fully saturated rings. The smallest absolute Gasteiger partial charge is 0.307 e. The molecule has 2 heterocycles. The number of aromatic nitrogens is 1. The molecule has 2 N–H and O–H groups in total. The zero-order valence-corrected chi connectivity index (χ0v) is 13.6. The highest BCUT2D eigenvalue weighted by Crippen LogP contribution is 2.22. The number of aliphatic carboxylic acids is 1. The van der Waals surface area contributed by atoms with Gasteiger partial charge >= 0.3 is 5.97 Å². The summed E-state index contributed by atoms with van der Waals surface area (Å²) in [5.74, 6) is -1.58. The van der Waals surface area contributed by atoms with E-state index in [1.54, 1.807) is 6.92 Å². The van der Waals surface area contributed by atoms with Crippen molar-refractivity contribution in [3.63, 3.8) is 0 Å². The lowest BCUT2D eigenvalue weighted by Crippen LogP contribution is -2.47. The lowest BCUT2D eigenvalue weighted by Gasteiger charge is -2.30. The summed E-state index contributed by atoms with van der Waals surface area (Å²) in [6.45, 7) is 3.95. The van der Waals surface area contributed by atoms with E-state index in [-0.39, 0.29) is 6.54 Å². The molecule has 21 heavy (non-hydrogen) atoms. The minimum Gasteiger partial charge on any atom is -0.481 e. The van der Waals surface area contributed by atoms with Crippen LogP contribution in [0.3, 0.4) is 0 Å². The molecule has 9 heteroatoms. The molecule has 0 aromatic carbocycles. The Morgan fingerprint density at radius 3 is 2.90 bits per heavy atom. The Bertz CT molecular complexity index is 614. The summed E-state index contributed by atoms with van der Waals surface area (Å²) in [6.07, 6.45) is 1.07.